The predicted octanol–water partition coefficient (Wildman–Crippen LogP) is 15.9. The van der Waals surface area contributed by atoms with E-state index in [9.17, 15) is 62.8 Å². The van der Waals surface area contributed by atoms with Crippen LogP contribution in [-0.4, -0.2) is 182 Å². The lowest BCUT2D eigenvalue weighted by Gasteiger charge is -2.33. The van der Waals surface area contributed by atoms with Crippen LogP contribution in [0.15, 0.2) is 282 Å². The van der Waals surface area contributed by atoms with Crippen molar-refractivity contribution in [2.45, 2.75) is 65.6 Å². The van der Waals surface area contributed by atoms with Gasteiger partial charge in [0.05, 0.1) is 69.4 Å². The first kappa shape index (κ1) is 94.6. The zero-order valence-electron chi connectivity index (χ0n) is 68.6. The van der Waals surface area contributed by atoms with Gasteiger partial charge < -0.3 is 36.4 Å². The minimum Gasteiger partial charge on any atom is -0.396 e. The molecule has 0 aliphatic carbocycles. The molecule has 12 aromatic rings. The van der Waals surface area contributed by atoms with Gasteiger partial charge in [0.2, 0.25) is 36.0 Å². The van der Waals surface area contributed by atoms with E-state index in [1.54, 1.807) is 133 Å². The van der Waals surface area contributed by atoms with Gasteiger partial charge in [-0.25, -0.2) is 33.7 Å². The molecule has 127 heavy (non-hydrogen) atoms. The molecule has 35 heteroatoms. The van der Waals surface area contributed by atoms with E-state index in [2.05, 4.69) is 41.2 Å². The van der Waals surface area contributed by atoms with E-state index in [0.29, 0.717) is 161 Å². The summed E-state index contributed by atoms with van der Waals surface area (Å²) in [6.45, 7) is 4.21. The summed E-state index contributed by atoms with van der Waals surface area (Å²) in [6, 6.07) is 66.6. The molecular formula is C92H88Cl4N12O15S4. The lowest BCUT2D eigenvalue weighted by atomic mass is 9.95. The van der Waals surface area contributed by atoms with E-state index in [1.165, 1.54) is 98.9 Å². The second kappa shape index (κ2) is 43.3. The molecule has 3 aliphatic heterocycles. The number of aromatic nitrogens is 4. The molecule has 0 spiro atoms. The van der Waals surface area contributed by atoms with Crippen molar-refractivity contribution in [1.29, 1.82) is 0 Å². The minimum absolute atomic E-state index is 0.0560. The van der Waals surface area contributed by atoms with Crippen LogP contribution >= 0.6 is 46.4 Å². The lowest BCUT2D eigenvalue weighted by Crippen LogP contribution is -2.49. The van der Waals surface area contributed by atoms with Crippen LogP contribution in [0.2, 0.25) is 20.1 Å². The fourth-order valence-electron chi connectivity index (χ4n) is 13.9. The number of halogens is 4. The van der Waals surface area contributed by atoms with Crippen molar-refractivity contribution in [3.05, 3.63) is 315 Å². The normalized spacial score (nSPS) is 14.3. The van der Waals surface area contributed by atoms with Crippen molar-refractivity contribution >= 4 is 139 Å². The topological polar surface area (TPSA) is 375 Å². The van der Waals surface area contributed by atoms with Gasteiger partial charge in [0.1, 0.15) is 0 Å². The highest BCUT2D eigenvalue weighted by atomic mass is 35.5. The number of nitrogens with zero attached hydrogens (tertiary/aromatic N) is 8. The van der Waals surface area contributed by atoms with Crippen LogP contribution < -0.4 is 21.3 Å². The van der Waals surface area contributed by atoms with Crippen LogP contribution in [0, 0.1) is 5.92 Å². The molecule has 0 bridgehead atoms. The van der Waals surface area contributed by atoms with E-state index in [-0.39, 0.29) is 82.8 Å². The molecule has 7 heterocycles. The van der Waals surface area contributed by atoms with E-state index in [0.717, 1.165) is 18.4 Å². The highest BCUT2D eigenvalue weighted by Crippen LogP contribution is 2.36. The Bertz CT molecular complexity index is 6380. The Labute approximate surface area is 756 Å². The molecule has 0 saturated carbocycles. The van der Waals surface area contributed by atoms with Gasteiger partial charge in [-0.15, -0.1) is 0 Å². The number of hydrogen-bond acceptors (Lipinski definition) is 19. The molecular weight excluding hydrogens is 1780 g/mol. The molecule has 5 amide bonds. The van der Waals surface area contributed by atoms with Crippen LogP contribution in [0.25, 0.3) is 45.0 Å². The molecule has 3 fully saturated rings. The summed E-state index contributed by atoms with van der Waals surface area (Å²) in [6.07, 6.45) is 10.4. The maximum Gasteiger partial charge on any atom is 0.255 e. The summed E-state index contributed by atoms with van der Waals surface area (Å²) in [5.74, 6) is -1.18. The molecule has 0 radical (unpaired) electrons. The van der Waals surface area contributed by atoms with Crippen molar-refractivity contribution in [3.63, 3.8) is 0 Å². The number of piperazine rings is 1. The van der Waals surface area contributed by atoms with Crippen LogP contribution in [-0.2, 0) is 50.5 Å². The van der Waals surface area contributed by atoms with Crippen LogP contribution in [0.1, 0.15) is 86.0 Å². The fraction of sp³-hybridized carbons (Fsp3) is 0.207. The highest BCUT2D eigenvalue weighted by Gasteiger charge is 2.33. The average Bonchev–Trinajstić information content (AvgIpc) is 0.791. The monoisotopic (exact) mass is 1870 g/mol. The number of piperidine rings is 2. The van der Waals surface area contributed by atoms with Crippen molar-refractivity contribution < 1.29 is 67.9 Å². The first-order valence-corrected chi connectivity index (χ1v) is 47.9. The van der Waals surface area contributed by atoms with Gasteiger partial charge in [0.25, 0.3) is 23.6 Å². The summed E-state index contributed by atoms with van der Waals surface area (Å²) in [7, 11) is -14.1. The molecule has 0 atom stereocenters. The van der Waals surface area contributed by atoms with Gasteiger partial charge in [-0.3, -0.25) is 43.9 Å². The van der Waals surface area contributed by atoms with Crippen molar-refractivity contribution in [1.82, 2.24) is 37.8 Å². The van der Waals surface area contributed by atoms with Gasteiger partial charge in [-0.2, -0.15) is 12.9 Å². The standard InChI is InChI=1S/C25H26ClN3O4S.C24H23ClN4O4S.C23H22ClN3O4S.C20H17ClN2O3S/c26-23-9-6-20(17-22(23)24-3-1-2-13-27-24)28-25(31)19-4-7-21(8-5-19)34(32,33)29-14-10-18(11-15-29)12-16-30;1-17(30)28-12-14-29(15-13-28)34(32,33)20-8-5-18(6-9-20)24(31)27-19-7-10-22(25)21(16-19)23-4-2-3-11-26-23;24-21-9-6-17(15-20(21)22-3-1-2-12-25-22)26-23(29)16-4-7-19(8-5-16)32(30,31)27-13-10-18(28)11-14-27;1-27(25,26)13-14-5-7-15(8-6-14)20(24)23-16-9-10-18(21)17(12-16)19-4-2-3-11-22-19/h1-9,13,17-18,30H,10-12,14-16H2,(H,28,31);2-11,16H,12-15H2,1H3,(H,27,31);1-9,12,15,18,28H,10-11,13-14H2,(H,26,29);2-12H,13H2,1H3,(H,23,24). The quantitative estimate of drug-likeness (QED) is 0.0367. The molecule has 15 rings (SSSR count). The molecule has 0 unspecified atom stereocenters. The minimum atomic E-state index is -3.71. The Kier molecular flexibility index (Phi) is 32.3. The number of hydrogen-bond donors (Lipinski definition) is 6. The number of nitrogens with one attached hydrogen (secondary N) is 4. The van der Waals surface area contributed by atoms with E-state index >= 15 is 0 Å². The summed E-state index contributed by atoms with van der Waals surface area (Å²) >= 11 is 25.1. The zero-order valence-corrected chi connectivity index (χ0v) is 74.9. The number of carbonyl (C=O) groups excluding carboxylic acids is 5. The average molecular weight is 1870 g/mol. The Morgan fingerprint density at radius 1 is 0.370 bits per heavy atom. The fourth-order valence-corrected chi connectivity index (χ4v) is 19.9. The van der Waals surface area contributed by atoms with Gasteiger partial charge in [-0.1, -0.05) is 82.8 Å². The third kappa shape index (κ3) is 25.5. The number of pyridine rings is 4. The summed E-state index contributed by atoms with van der Waals surface area (Å²) in [4.78, 5) is 81.3. The van der Waals surface area contributed by atoms with E-state index in [4.69, 9.17) is 51.5 Å². The third-order valence-corrected chi connectivity index (χ3v) is 28.7. The summed E-state index contributed by atoms with van der Waals surface area (Å²) in [5, 5.41) is 32.0. The highest BCUT2D eigenvalue weighted by molar-refractivity contribution is 7.90. The first-order valence-electron chi connectivity index (χ1n) is 40.0. The number of sulfonamides is 3. The Hall–Kier alpha value is -11.5. The largest absolute Gasteiger partial charge is 0.396 e. The number of anilines is 4. The van der Waals surface area contributed by atoms with Gasteiger partial charge in [0.15, 0.2) is 9.84 Å². The maximum absolute atomic E-state index is 13.0. The summed E-state index contributed by atoms with van der Waals surface area (Å²) < 4.78 is 104. The number of aliphatic hydroxyl groups excluding tert-OH is 2. The molecule has 3 saturated heterocycles. The number of benzene rings is 8. The van der Waals surface area contributed by atoms with Crippen LogP contribution in [0.5, 0.6) is 0 Å². The van der Waals surface area contributed by atoms with E-state index < -0.39 is 46.0 Å². The number of rotatable bonds is 22. The SMILES string of the molecule is CC(=O)N1CCN(S(=O)(=O)c2ccc(C(=O)Nc3ccc(Cl)c(-c4ccccn4)c3)cc2)CC1.CS(=O)(=O)Cc1ccc(C(=O)Nc2ccc(Cl)c(-c3ccccn3)c2)cc1.O=C(Nc1ccc(Cl)c(-c2ccccn2)c1)c1ccc(S(=O)(=O)N2CCC(CCO)CC2)cc1.O=C(Nc1ccc(Cl)c(-c2ccccn2)c1)c1ccc(S(=O)(=O)N2CCC(O)CC2)cc1. The number of sulfone groups is 1. The second-order valence-electron chi connectivity index (χ2n) is 29.7. The Balaban J connectivity index is 0.000000154. The molecule has 27 nitrogen and oxygen atoms in total. The molecule has 3 aliphatic rings. The van der Waals surface area contributed by atoms with Gasteiger partial charge in [-0.05, 0) is 250 Å². The molecule has 4 aromatic heterocycles. The Morgan fingerprint density at radius 2 is 0.646 bits per heavy atom. The predicted molar refractivity (Wildman–Crippen MR) is 493 cm³/mol. The lowest BCUT2D eigenvalue weighted by molar-refractivity contribution is -0.130. The zero-order chi connectivity index (χ0) is 90.6. The molecule has 8 aromatic carbocycles. The Morgan fingerprint density at radius 3 is 0.906 bits per heavy atom. The van der Waals surface area contributed by atoms with Gasteiger partial charge >= 0.3 is 0 Å². The van der Waals surface area contributed by atoms with E-state index in [1.807, 2.05) is 66.7 Å². The smallest absolute Gasteiger partial charge is 0.255 e. The third-order valence-electron chi connectivity index (χ3n) is 20.8. The van der Waals surface area contributed by atoms with Crippen LogP contribution in [0.3, 0.4) is 0 Å². The van der Waals surface area contributed by atoms with Crippen LogP contribution in [0.4, 0.5) is 22.7 Å². The number of aliphatic hydroxyl groups is 2. The van der Waals surface area contributed by atoms with Crippen molar-refractivity contribution in [3.8, 4) is 45.0 Å². The van der Waals surface area contributed by atoms with Crippen molar-refractivity contribution in [2.24, 2.45) is 5.92 Å². The summed E-state index contributed by atoms with van der Waals surface area (Å²) in [5.41, 5.74) is 9.85. The number of amides is 5. The maximum atomic E-state index is 13.0. The van der Waals surface area contributed by atoms with Gasteiger partial charge in [0, 0.05) is 164 Å². The molecule has 658 valence electrons. The molecule has 6 N–H and O–H groups in total. The number of carbonyl (C=O) groups is 5. The second-order valence-corrected chi connectivity index (χ2v) is 39.3. The van der Waals surface area contributed by atoms with Crippen molar-refractivity contribution in [2.75, 3.05) is 86.5 Å². The first-order chi connectivity index (χ1) is 60.8.